The zero-order valence-corrected chi connectivity index (χ0v) is 20.8. The van der Waals surface area contributed by atoms with E-state index in [4.69, 9.17) is 16.3 Å². The minimum absolute atomic E-state index is 0.0415. The fourth-order valence-corrected chi connectivity index (χ4v) is 4.49. The average molecular weight is 558 g/mol. The number of amides is 4. The molecule has 1 N–H and O–H groups in total. The molecule has 0 atom stereocenters. The number of barbiturate groups is 1. The van der Waals surface area contributed by atoms with Crippen molar-refractivity contribution in [1.82, 2.24) is 5.32 Å². The Morgan fingerprint density at radius 2 is 1.80 bits per heavy atom. The summed E-state index contributed by atoms with van der Waals surface area (Å²) in [7, 11) is 0. The number of hydrogen-bond donors (Lipinski definition) is 1. The van der Waals surface area contributed by atoms with Gasteiger partial charge >= 0.3 is 6.03 Å². The maximum Gasteiger partial charge on any atom is 0.335 e. The summed E-state index contributed by atoms with van der Waals surface area (Å²) in [5.41, 5.74) is 1.95. The van der Waals surface area contributed by atoms with E-state index >= 15 is 0 Å². The van der Waals surface area contributed by atoms with E-state index < -0.39 is 23.7 Å². The third kappa shape index (κ3) is 5.28. The number of halogens is 3. The number of rotatable bonds is 6. The fraction of sp³-hybridized carbons (Fsp3) is 0.115. The van der Waals surface area contributed by atoms with E-state index in [-0.39, 0.29) is 23.0 Å². The SMILES string of the molecule is CCc1ccc(N2C(=O)NC(=O)/C(=C/c3cc(Cl)c(OCc4ccccc4F)c(Br)c3)C2=O)cc1. The van der Waals surface area contributed by atoms with Crippen molar-refractivity contribution >= 4 is 57.1 Å². The van der Waals surface area contributed by atoms with Gasteiger partial charge in [0.2, 0.25) is 0 Å². The molecule has 9 heteroatoms. The number of nitrogens with one attached hydrogen (secondary N) is 1. The van der Waals surface area contributed by atoms with Gasteiger partial charge in [0.25, 0.3) is 11.8 Å². The number of hydrogen-bond acceptors (Lipinski definition) is 4. The lowest BCUT2D eigenvalue weighted by atomic mass is 10.1. The monoisotopic (exact) mass is 556 g/mol. The van der Waals surface area contributed by atoms with Crippen molar-refractivity contribution in [3.8, 4) is 5.75 Å². The highest BCUT2D eigenvalue weighted by Crippen LogP contribution is 2.36. The van der Waals surface area contributed by atoms with Crippen molar-refractivity contribution in [3.05, 3.63) is 98.2 Å². The Kier molecular flexibility index (Phi) is 7.33. The van der Waals surface area contributed by atoms with Gasteiger partial charge in [0.15, 0.2) is 5.75 Å². The molecule has 0 unspecified atom stereocenters. The minimum Gasteiger partial charge on any atom is -0.486 e. The number of nitrogens with zero attached hydrogens (tertiary/aromatic N) is 1. The van der Waals surface area contributed by atoms with Crippen LogP contribution < -0.4 is 15.0 Å². The summed E-state index contributed by atoms with van der Waals surface area (Å²) >= 11 is 9.75. The molecule has 3 aromatic rings. The summed E-state index contributed by atoms with van der Waals surface area (Å²) in [4.78, 5) is 38.9. The first-order valence-electron chi connectivity index (χ1n) is 10.6. The fourth-order valence-electron chi connectivity index (χ4n) is 3.51. The Labute approximate surface area is 214 Å². The van der Waals surface area contributed by atoms with E-state index in [0.29, 0.717) is 21.3 Å². The van der Waals surface area contributed by atoms with Crippen molar-refractivity contribution in [2.75, 3.05) is 4.90 Å². The Morgan fingerprint density at radius 1 is 1.09 bits per heavy atom. The number of urea groups is 1. The molecule has 1 aliphatic heterocycles. The number of aryl methyl sites for hydroxylation is 1. The number of carbonyl (C=O) groups is 3. The normalized spacial score (nSPS) is 14.9. The van der Waals surface area contributed by atoms with Crippen molar-refractivity contribution in [2.45, 2.75) is 20.0 Å². The van der Waals surface area contributed by atoms with Crippen LogP contribution >= 0.6 is 27.5 Å². The summed E-state index contributed by atoms with van der Waals surface area (Å²) in [6.45, 7) is 1.95. The first-order chi connectivity index (χ1) is 16.8. The molecule has 1 fully saturated rings. The van der Waals surface area contributed by atoms with Crippen molar-refractivity contribution < 1.29 is 23.5 Å². The van der Waals surface area contributed by atoms with Gasteiger partial charge < -0.3 is 4.74 Å². The van der Waals surface area contributed by atoms with Crippen LogP contribution in [0.2, 0.25) is 5.02 Å². The molecule has 6 nitrogen and oxygen atoms in total. The highest BCUT2D eigenvalue weighted by atomic mass is 79.9. The first-order valence-corrected chi connectivity index (χ1v) is 11.8. The predicted molar refractivity (Wildman–Crippen MR) is 135 cm³/mol. The molecule has 0 aromatic heterocycles. The minimum atomic E-state index is -0.822. The van der Waals surface area contributed by atoms with Gasteiger partial charge in [-0.25, -0.2) is 14.1 Å². The third-order valence-electron chi connectivity index (χ3n) is 5.37. The lowest BCUT2D eigenvalue weighted by Crippen LogP contribution is -2.54. The molecule has 35 heavy (non-hydrogen) atoms. The number of carbonyl (C=O) groups excluding carboxylic acids is 3. The average Bonchev–Trinajstić information content (AvgIpc) is 2.82. The van der Waals surface area contributed by atoms with Gasteiger partial charge in [-0.2, -0.15) is 0 Å². The Hall–Kier alpha value is -3.49. The molecule has 3 aromatic carbocycles. The highest BCUT2D eigenvalue weighted by Gasteiger charge is 2.36. The van der Waals surface area contributed by atoms with Crippen LogP contribution in [0.4, 0.5) is 14.9 Å². The topological polar surface area (TPSA) is 75.7 Å². The third-order valence-corrected chi connectivity index (χ3v) is 6.24. The summed E-state index contributed by atoms with van der Waals surface area (Å²) < 4.78 is 20.0. The molecule has 0 radical (unpaired) electrons. The van der Waals surface area contributed by atoms with E-state index in [2.05, 4.69) is 21.2 Å². The molecule has 0 bridgehead atoms. The van der Waals surface area contributed by atoms with Gasteiger partial charge in [0, 0.05) is 5.56 Å². The van der Waals surface area contributed by atoms with Gasteiger partial charge in [-0.05, 0) is 69.9 Å². The Morgan fingerprint density at radius 3 is 2.46 bits per heavy atom. The van der Waals surface area contributed by atoms with Gasteiger partial charge in [0.1, 0.15) is 18.0 Å². The molecule has 0 spiro atoms. The van der Waals surface area contributed by atoms with E-state index in [1.165, 1.54) is 18.2 Å². The number of ether oxygens (including phenoxy) is 1. The van der Waals surface area contributed by atoms with Crippen LogP contribution in [0.3, 0.4) is 0 Å². The van der Waals surface area contributed by atoms with Gasteiger partial charge in [-0.3, -0.25) is 14.9 Å². The Balaban J connectivity index is 1.60. The maximum absolute atomic E-state index is 13.9. The smallest absolute Gasteiger partial charge is 0.335 e. The zero-order chi connectivity index (χ0) is 25.1. The first kappa shape index (κ1) is 24.6. The van der Waals surface area contributed by atoms with Gasteiger partial charge in [-0.1, -0.05) is 48.9 Å². The van der Waals surface area contributed by atoms with Gasteiger partial charge in [0.05, 0.1) is 15.2 Å². The van der Waals surface area contributed by atoms with Crippen LogP contribution in [0, 0.1) is 5.82 Å². The lowest BCUT2D eigenvalue weighted by molar-refractivity contribution is -0.122. The van der Waals surface area contributed by atoms with Crippen molar-refractivity contribution in [3.63, 3.8) is 0 Å². The quantitative estimate of drug-likeness (QED) is 0.296. The second-order valence-electron chi connectivity index (χ2n) is 7.67. The predicted octanol–water partition coefficient (Wildman–Crippen LogP) is 6.05. The summed E-state index contributed by atoms with van der Waals surface area (Å²) in [5, 5.41) is 2.38. The van der Waals surface area contributed by atoms with Gasteiger partial charge in [-0.15, -0.1) is 0 Å². The highest BCUT2D eigenvalue weighted by molar-refractivity contribution is 9.10. The van der Waals surface area contributed by atoms with E-state index in [1.807, 2.05) is 19.1 Å². The van der Waals surface area contributed by atoms with Crippen molar-refractivity contribution in [2.24, 2.45) is 0 Å². The van der Waals surface area contributed by atoms with Crippen LogP contribution in [-0.4, -0.2) is 17.8 Å². The van der Waals surface area contributed by atoms with E-state index in [1.54, 1.807) is 36.4 Å². The maximum atomic E-state index is 13.9. The Bertz CT molecular complexity index is 1330. The molecule has 0 aliphatic carbocycles. The second-order valence-corrected chi connectivity index (χ2v) is 8.93. The molecular formula is C26H19BrClFN2O4. The largest absolute Gasteiger partial charge is 0.486 e. The van der Waals surface area contributed by atoms with Crippen LogP contribution in [-0.2, 0) is 22.6 Å². The van der Waals surface area contributed by atoms with Crippen LogP contribution in [0.25, 0.3) is 6.08 Å². The van der Waals surface area contributed by atoms with Crippen LogP contribution in [0.1, 0.15) is 23.6 Å². The second kappa shape index (κ2) is 10.4. The van der Waals surface area contributed by atoms with E-state index in [0.717, 1.165) is 16.9 Å². The molecular weight excluding hydrogens is 539 g/mol. The number of benzene rings is 3. The standard InChI is InChI=1S/C26H19BrClFN2O4/c1-2-15-7-9-18(10-8-15)31-25(33)19(24(32)30-26(31)34)11-16-12-20(27)23(21(28)13-16)35-14-17-5-3-4-6-22(17)29/h3-13H,2,14H2,1H3,(H,30,32,34)/b19-11-. The molecule has 0 saturated carbocycles. The molecule has 1 heterocycles. The van der Waals surface area contributed by atoms with Crippen LogP contribution in [0.15, 0.2) is 70.7 Å². The van der Waals surface area contributed by atoms with Crippen molar-refractivity contribution in [1.29, 1.82) is 0 Å². The molecule has 1 saturated heterocycles. The lowest BCUT2D eigenvalue weighted by Gasteiger charge is -2.26. The van der Waals surface area contributed by atoms with E-state index in [9.17, 15) is 18.8 Å². The molecule has 178 valence electrons. The summed E-state index contributed by atoms with van der Waals surface area (Å²) in [6, 6.07) is 15.4. The molecule has 1 aliphatic rings. The zero-order valence-electron chi connectivity index (χ0n) is 18.5. The van der Waals surface area contributed by atoms with Crippen LogP contribution in [0.5, 0.6) is 5.75 Å². The summed E-state index contributed by atoms with van der Waals surface area (Å²) in [6.07, 6.45) is 2.15. The summed E-state index contributed by atoms with van der Waals surface area (Å²) in [5.74, 6) is -1.68. The molecule has 4 amide bonds. The number of imide groups is 2. The molecule has 4 rings (SSSR count). The number of anilines is 1.